The largest absolute Gasteiger partial charge is 0.350 e. The number of rotatable bonds is 2. The van der Waals surface area contributed by atoms with E-state index < -0.39 is 0 Å². The molecule has 6 nitrogen and oxygen atoms in total. The summed E-state index contributed by atoms with van der Waals surface area (Å²) in [7, 11) is 1.89. The maximum atomic E-state index is 9.29. The Morgan fingerprint density at radius 2 is 1.90 bits per heavy atom. The van der Waals surface area contributed by atoms with Crippen molar-refractivity contribution in [1.29, 1.82) is 5.26 Å². The number of nitrogens with one attached hydrogen (secondary N) is 1. The average molecular weight is 278 g/mol. The normalized spacial score (nSPS) is 10.6. The van der Waals surface area contributed by atoms with Gasteiger partial charge in [-0.05, 0) is 19.9 Å². The summed E-state index contributed by atoms with van der Waals surface area (Å²) < 4.78 is 1.81. The van der Waals surface area contributed by atoms with Crippen molar-refractivity contribution in [2.75, 3.05) is 5.32 Å². The highest BCUT2D eigenvalue weighted by Gasteiger charge is 2.15. The Hall–Kier alpha value is -2.94. The van der Waals surface area contributed by atoms with E-state index in [1.165, 1.54) is 0 Å². The molecule has 0 amide bonds. The highest BCUT2D eigenvalue weighted by molar-refractivity contribution is 5.95. The van der Waals surface area contributed by atoms with Gasteiger partial charge in [-0.1, -0.05) is 18.2 Å². The molecule has 6 heteroatoms. The van der Waals surface area contributed by atoms with Gasteiger partial charge in [0.1, 0.15) is 6.07 Å². The molecule has 1 N–H and O–H groups in total. The molecule has 0 fully saturated rings. The monoisotopic (exact) mass is 278 g/mol. The van der Waals surface area contributed by atoms with E-state index in [1.54, 1.807) is 4.68 Å². The molecule has 0 aliphatic rings. The smallest absolute Gasteiger partial charge is 0.187 e. The summed E-state index contributed by atoms with van der Waals surface area (Å²) in [6, 6.07) is 9.70. The first-order chi connectivity index (χ1) is 10.1. The summed E-state index contributed by atoms with van der Waals surface area (Å²) in [6.07, 6.45) is 0. The summed E-state index contributed by atoms with van der Waals surface area (Å²) in [4.78, 5) is 0. The predicted octanol–water partition coefficient (Wildman–Crippen LogP) is 2.60. The van der Waals surface area contributed by atoms with Crippen LogP contribution < -0.4 is 5.32 Å². The van der Waals surface area contributed by atoms with E-state index in [-0.39, 0.29) is 5.69 Å². The molecular formula is C15H14N6. The second-order valence-corrected chi connectivity index (χ2v) is 4.85. The number of nitriles is 1. The lowest BCUT2D eigenvalue weighted by Gasteiger charge is -2.10. The average Bonchev–Trinajstić information content (AvgIpc) is 2.74. The third-order valence-electron chi connectivity index (χ3n) is 3.53. The molecule has 3 rings (SSSR count). The van der Waals surface area contributed by atoms with E-state index in [2.05, 4.69) is 26.7 Å². The Balaban J connectivity index is 2.22. The fourth-order valence-electron chi connectivity index (χ4n) is 2.34. The zero-order chi connectivity index (χ0) is 15.0. The molecule has 2 heterocycles. The zero-order valence-electron chi connectivity index (χ0n) is 12.0. The van der Waals surface area contributed by atoms with Gasteiger partial charge in [0, 0.05) is 12.4 Å². The van der Waals surface area contributed by atoms with Crippen LogP contribution in [0.3, 0.4) is 0 Å². The molecule has 21 heavy (non-hydrogen) atoms. The Bertz CT molecular complexity index is 872. The molecule has 0 saturated carbocycles. The van der Waals surface area contributed by atoms with Gasteiger partial charge in [0.15, 0.2) is 5.69 Å². The van der Waals surface area contributed by atoms with E-state index in [4.69, 9.17) is 0 Å². The minimum absolute atomic E-state index is 0.274. The van der Waals surface area contributed by atoms with Crippen LogP contribution in [0.2, 0.25) is 0 Å². The molecule has 0 atom stereocenters. The first-order valence-electron chi connectivity index (χ1n) is 6.54. The summed E-state index contributed by atoms with van der Waals surface area (Å²) in [5.74, 6) is 0. The molecule has 0 spiro atoms. The standard InChI is InChI=1S/C15H14N6/c1-9-14(10(2)21(3)20-9)17-15-11-6-4-5-7-12(11)18-19-13(15)8-16/h4-7H,1-3H3,(H,17,18). The van der Waals surface area contributed by atoms with Gasteiger partial charge in [-0.2, -0.15) is 10.4 Å². The number of anilines is 2. The molecule has 0 radical (unpaired) electrons. The van der Waals surface area contributed by atoms with Gasteiger partial charge in [0.05, 0.1) is 28.3 Å². The topological polar surface area (TPSA) is 79.4 Å². The molecule has 2 aromatic heterocycles. The molecule has 3 aromatic rings. The minimum atomic E-state index is 0.274. The van der Waals surface area contributed by atoms with Crippen molar-refractivity contribution in [3.63, 3.8) is 0 Å². The molecule has 0 unspecified atom stereocenters. The van der Waals surface area contributed by atoms with E-state index in [0.29, 0.717) is 5.69 Å². The number of hydrogen-bond acceptors (Lipinski definition) is 5. The summed E-state index contributed by atoms with van der Waals surface area (Å²) >= 11 is 0. The van der Waals surface area contributed by atoms with Crippen LogP contribution in [0.1, 0.15) is 17.1 Å². The molecule has 1 aromatic carbocycles. The lowest BCUT2D eigenvalue weighted by Crippen LogP contribution is -2.01. The number of benzene rings is 1. The summed E-state index contributed by atoms with van der Waals surface area (Å²) in [6.45, 7) is 3.91. The van der Waals surface area contributed by atoms with Crippen molar-refractivity contribution in [2.45, 2.75) is 13.8 Å². The molecule has 0 saturated heterocycles. The zero-order valence-corrected chi connectivity index (χ0v) is 12.0. The van der Waals surface area contributed by atoms with Gasteiger partial charge in [-0.15, -0.1) is 10.2 Å². The molecule has 0 bridgehead atoms. The number of aromatic nitrogens is 4. The Kier molecular flexibility index (Phi) is 3.03. The van der Waals surface area contributed by atoms with Gasteiger partial charge in [0.25, 0.3) is 0 Å². The quantitative estimate of drug-likeness (QED) is 0.779. The lowest BCUT2D eigenvalue weighted by molar-refractivity contribution is 0.731. The fraction of sp³-hybridized carbons (Fsp3) is 0.200. The first kappa shape index (κ1) is 13.1. The van der Waals surface area contributed by atoms with Gasteiger partial charge in [-0.3, -0.25) is 4.68 Å². The number of fused-ring (bicyclic) bond motifs is 1. The van der Waals surface area contributed by atoms with Crippen molar-refractivity contribution in [3.05, 3.63) is 41.3 Å². The van der Waals surface area contributed by atoms with Gasteiger partial charge < -0.3 is 5.32 Å². The Labute approximate surface area is 122 Å². The van der Waals surface area contributed by atoms with Gasteiger partial charge in [0.2, 0.25) is 0 Å². The third-order valence-corrected chi connectivity index (χ3v) is 3.53. The second kappa shape index (κ2) is 4.87. The molecule has 0 aliphatic heterocycles. The van der Waals surface area contributed by atoms with Crippen LogP contribution in [-0.2, 0) is 7.05 Å². The van der Waals surface area contributed by atoms with Crippen molar-refractivity contribution in [2.24, 2.45) is 7.05 Å². The van der Waals surface area contributed by atoms with Crippen molar-refractivity contribution < 1.29 is 0 Å². The SMILES string of the molecule is Cc1nn(C)c(C)c1Nc1c(C#N)nnc2ccccc12. The van der Waals surface area contributed by atoms with E-state index in [9.17, 15) is 5.26 Å². The predicted molar refractivity (Wildman–Crippen MR) is 80.2 cm³/mol. The number of aryl methyl sites for hydroxylation is 2. The van der Waals surface area contributed by atoms with Gasteiger partial charge in [-0.25, -0.2) is 0 Å². The Morgan fingerprint density at radius 1 is 1.14 bits per heavy atom. The van der Waals surface area contributed by atoms with Crippen molar-refractivity contribution >= 4 is 22.3 Å². The lowest BCUT2D eigenvalue weighted by atomic mass is 10.1. The summed E-state index contributed by atoms with van der Waals surface area (Å²) in [5.41, 5.74) is 4.46. The van der Waals surface area contributed by atoms with E-state index >= 15 is 0 Å². The summed E-state index contributed by atoms with van der Waals surface area (Å²) in [5, 5.41) is 25.9. The van der Waals surface area contributed by atoms with Crippen LogP contribution in [0.15, 0.2) is 24.3 Å². The van der Waals surface area contributed by atoms with Crippen LogP contribution in [0.5, 0.6) is 0 Å². The fourth-order valence-corrected chi connectivity index (χ4v) is 2.34. The maximum absolute atomic E-state index is 9.29. The minimum Gasteiger partial charge on any atom is -0.350 e. The van der Waals surface area contributed by atoms with Crippen LogP contribution in [0.4, 0.5) is 11.4 Å². The molecular weight excluding hydrogens is 264 g/mol. The van der Waals surface area contributed by atoms with Crippen LogP contribution in [-0.4, -0.2) is 20.0 Å². The molecule has 104 valence electrons. The highest BCUT2D eigenvalue weighted by atomic mass is 15.3. The van der Waals surface area contributed by atoms with Crippen LogP contribution in [0, 0.1) is 25.2 Å². The molecule has 0 aliphatic carbocycles. The number of nitrogens with zero attached hydrogens (tertiary/aromatic N) is 5. The van der Waals surface area contributed by atoms with Crippen LogP contribution in [0.25, 0.3) is 10.9 Å². The second-order valence-electron chi connectivity index (χ2n) is 4.85. The van der Waals surface area contributed by atoms with Crippen molar-refractivity contribution in [3.8, 4) is 6.07 Å². The number of hydrogen-bond donors (Lipinski definition) is 1. The first-order valence-corrected chi connectivity index (χ1v) is 6.54. The van der Waals surface area contributed by atoms with Crippen molar-refractivity contribution in [1.82, 2.24) is 20.0 Å². The van der Waals surface area contributed by atoms with E-state index in [1.807, 2.05) is 45.2 Å². The Morgan fingerprint density at radius 3 is 2.57 bits per heavy atom. The third kappa shape index (κ3) is 2.09. The maximum Gasteiger partial charge on any atom is 0.187 e. The van der Waals surface area contributed by atoms with Gasteiger partial charge >= 0.3 is 0 Å². The highest BCUT2D eigenvalue weighted by Crippen LogP contribution is 2.30. The van der Waals surface area contributed by atoms with Crippen LogP contribution >= 0.6 is 0 Å². The van der Waals surface area contributed by atoms with E-state index in [0.717, 1.165) is 28.0 Å².